The van der Waals surface area contributed by atoms with E-state index in [1.807, 2.05) is 48.7 Å². The molecule has 2 aromatic carbocycles. The van der Waals surface area contributed by atoms with E-state index in [0.717, 1.165) is 28.7 Å². The first-order valence-corrected chi connectivity index (χ1v) is 7.28. The van der Waals surface area contributed by atoms with Gasteiger partial charge in [-0.1, -0.05) is 12.1 Å². The van der Waals surface area contributed by atoms with Gasteiger partial charge in [0.2, 0.25) is 0 Å². The van der Waals surface area contributed by atoms with Crippen LogP contribution >= 0.6 is 0 Å². The maximum absolute atomic E-state index is 11.1. The number of hydrogen-bond acceptors (Lipinski definition) is 4. The number of rotatable bonds is 5. The molecular formula is C18H18N2O3. The van der Waals surface area contributed by atoms with E-state index in [4.69, 9.17) is 10.5 Å². The minimum absolute atomic E-state index is 0.0838. The molecule has 0 saturated heterocycles. The van der Waals surface area contributed by atoms with Crippen LogP contribution in [0.5, 0.6) is 5.75 Å². The largest absolute Gasteiger partial charge is 0.482 e. The molecule has 2 N–H and O–H groups in total. The smallest absolute Gasteiger partial charge is 0.343 e. The van der Waals surface area contributed by atoms with Crippen molar-refractivity contribution in [3.05, 3.63) is 60.3 Å². The molecule has 0 saturated carbocycles. The molecule has 0 atom stereocenters. The van der Waals surface area contributed by atoms with Crippen LogP contribution < -0.4 is 10.5 Å². The SMILES string of the molecule is COC(=O)COc1ccc(Cn2ccc3cc(N)ccc32)cc1. The number of benzene rings is 2. The van der Waals surface area contributed by atoms with E-state index in [9.17, 15) is 4.79 Å². The van der Waals surface area contributed by atoms with E-state index >= 15 is 0 Å². The van der Waals surface area contributed by atoms with E-state index < -0.39 is 5.97 Å². The molecule has 0 amide bonds. The number of fused-ring (bicyclic) bond motifs is 1. The van der Waals surface area contributed by atoms with Crippen LogP contribution in [0.25, 0.3) is 10.9 Å². The van der Waals surface area contributed by atoms with Gasteiger partial charge in [0.1, 0.15) is 5.75 Å². The van der Waals surface area contributed by atoms with Gasteiger partial charge in [-0.15, -0.1) is 0 Å². The topological polar surface area (TPSA) is 66.5 Å². The first-order chi connectivity index (χ1) is 11.2. The molecule has 118 valence electrons. The summed E-state index contributed by atoms with van der Waals surface area (Å²) in [6.07, 6.45) is 2.05. The fourth-order valence-corrected chi connectivity index (χ4v) is 2.45. The second kappa shape index (κ2) is 6.44. The summed E-state index contributed by atoms with van der Waals surface area (Å²) >= 11 is 0. The van der Waals surface area contributed by atoms with E-state index in [2.05, 4.69) is 15.4 Å². The Morgan fingerprint density at radius 2 is 1.91 bits per heavy atom. The summed E-state index contributed by atoms with van der Waals surface area (Å²) in [5, 5.41) is 1.13. The molecule has 0 aliphatic carbocycles. The number of methoxy groups -OCH3 is 1. The molecule has 0 unspecified atom stereocenters. The standard InChI is InChI=1S/C18H18N2O3/c1-22-18(21)12-23-16-5-2-13(3-6-16)11-20-9-8-14-10-15(19)4-7-17(14)20/h2-10H,11-12,19H2,1H3. The van der Waals surface area contributed by atoms with Gasteiger partial charge in [-0.2, -0.15) is 0 Å². The Bertz CT molecular complexity index is 822. The van der Waals surface area contributed by atoms with Crippen molar-refractivity contribution in [2.24, 2.45) is 0 Å². The summed E-state index contributed by atoms with van der Waals surface area (Å²) in [6.45, 7) is 0.671. The van der Waals surface area contributed by atoms with Crippen molar-refractivity contribution >= 4 is 22.6 Å². The normalized spacial score (nSPS) is 10.7. The number of nitrogens with two attached hydrogens (primary N) is 1. The number of ether oxygens (including phenoxy) is 2. The molecule has 0 aliphatic heterocycles. The first kappa shape index (κ1) is 15.0. The van der Waals surface area contributed by atoms with Crippen molar-refractivity contribution in [1.82, 2.24) is 4.57 Å². The van der Waals surface area contributed by atoms with E-state index in [-0.39, 0.29) is 6.61 Å². The highest BCUT2D eigenvalue weighted by molar-refractivity contribution is 5.83. The molecule has 5 nitrogen and oxygen atoms in total. The number of carbonyl (C=O) groups excluding carboxylic acids is 1. The predicted molar refractivity (Wildman–Crippen MR) is 89.4 cm³/mol. The number of carbonyl (C=O) groups is 1. The molecule has 0 bridgehead atoms. The van der Waals surface area contributed by atoms with Crippen LogP contribution in [-0.4, -0.2) is 24.3 Å². The Morgan fingerprint density at radius 3 is 2.65 bits per heavy atom. The number of nitrogens with zero attached hydrogens (tertiary/aromatic N) is 1. The molecular weight excluding hydrogens is 292 g/mol. The fourth-order valence-electron chi connectivity index (χ4n) is 2.45. The molecule has 0 spiro atoms. The molecule has 1 aromatic heterocycles. The summed E-state index contributed by atoms with van der Waals surface area (Å²) in [6, 6.07) is 15.6. The maximum atomic E-state index is 11.1. The molecule has 0 aliphatic rings. The first-order valence-electron chi connectivity index (χ1n) is 7.28. The van der Waals surface area contributed by atoms with Crippen molar-refractivity contribution < 1.29 is 14.3 Å². The highest BCUT2D eigenvalue weighted by Crippen LogP contribution is 2.20. The van der Waals surface area contributed by atoms with Crippen LogP contribution in [0.1, 0.15) is 5.56 Å². The molecule has 0 radical (unpaired) electrons. The van der Waals surface area contributed by atoms with Crippen molar-refractivity contribution in [3.8, 4) is 5.75 Å². The lowest BCUT2D eigenvalue weighted by Gasteiger charge is -2.08. The zero-order valence-corrected chi connectivity index (χ0v) is 12.9. The highest BCUT2D eigenvalue weighted by Gasteiger charge is 2.04. The van der Waals surface area contributed by atoms with Gasteiger partial charge in [0, 0.05) is 29.3 Å². The van der Waals surface area contributed by atoms with E-state index in [1.165, 1.54) is 7.11 Å². The maximum Gasteiger partial charge on any atom is 0.343 e. The molecule has 23 heavy (non-hydrogen) atoms. The third kappa shape index (κ3) is 3.45. The van der Waals surface area contributed by atoms with Crippen LogP contribution in [0, 0.1) is 0 Å². The van der Waals surface area contributed by atoms with Gasteiger partial charge in [0.05, 0.1) is 7.11 Å². The fraction of sp³-hybridized carbons (Fsp3) is 0.167. The Balaban J connectivity index is 1.71. The summed E-state index contributed by atoms with van der Waals surface area (Å²) in [5.74, 6) is 0.247. The molecule has 0 fully saturated rings. The van der Waals surface area contributed by atoms with Crippen molar-refractivity contribution in [3.63, 3.8) is 0 Å². The monoisotopic (exact) mass is 310 g/mol. The van der Waals surface area contributed by atoms with Crippen LogP contribution in [0.3, 0.4) is 0 Å². The molecule has 1 heterocycles. The second-order valence-corrected chi connectivity index (χ2v) is 5.27. The molecule has 3 rings (SSSR count). The average Bonchev–Trinajstić information content (AvgIpc) is 2.95. The van der Waals surface area contributed by atoms with Crippen LogP contribution in [0.2, 0.25) is 0 Å². The van der Waals surface area contributed by atoms with Gasteiger partial charge in [0.25, 0.3) is 0 Å². The van der Waals surface area contributed by atoms with Gasteiger partial charge < -0.3 is 19.8 Å². The van der Waals surface area contributed by atoms with Crippen LogP contribution in [-0.2, 0) is 16.1 Å². The third-order valence-corrected chi connectivity index (χ3v) is 3.66. The lowest BCUT2D eigenvalue weighted by molar-refractivity contribution is -0.142. The number of hydrogen-bond donors (Lipinski definition) is 1. The summed E-state index contributed by atoms with van der Waals surface area (Å²) < 4.78 is 12.0. The Kier molecular flexibility index (Phi) is 4.19. The summed E-state index contributed by atoms with van der Waals surface area (Å²) in [7, 11) is 1.34. The van der Waals surface area contributed by atoms with Gasteiger partial charge in [0.15, 0.2) is 6.61 Å². The third-order valence-electron chi connectivity index (χ3n) is 3.66. The molecule has 5 heteroatoms. The van der Waals surface area contributed by atoms with Crippen molar-refractivity contribution in [2.45, 2.75) is 6.54 Å². The summed E-state index contributed by atoms with van der Waals surface area (Å²) in [4.78, 5) is 11.1. The number of anilines is 1. The number of aromatic nitrogens is 1. The highest BCUT2D eigenvalue weighted by atomic mass is 16.6. The lowest BCUT2D eigenvalue weighted by Crippen LogP contribution is -2.12. The molecule has 3 aromatic rings. The van der Waals surface area contributed by atoms with Crippen molar-refractivity contribution in [1.29, 1.82) is 0 Å². The Morgan fingerprint density at radius 1 is 1.13 bits per heavy atom. The zero-order chi connectivity index (χ0) is 16.2. The van der Waals surface area contributed by atoms with Gasteiger partial charge in [-0.3, -0.25) is 0 Å². The van der Waals surface area contributed by atoms with E-state index in [1.54, 1.807) is 0 Å². The minimum Gasteiger partial charge on any atom is -0.482 e. The zero-order valence-electron chi connectivity index (χ0n) is 12.9. The van der Waals surface area contributed by atoms with E-state index in [0.29, 0.717) is 5.75 Å². The van der Waals surface area contributed by atoms with Gasteiger partial charge in [-0.25, -0.2) is 4.79 Å². The summed E-state index contributed by atoms with van der Waals surface area (Å²) in [5.41, 5.74) is 8.86. The van der Waals surface area contributed by atoms with Crippen LogP contribution in [0.15, 0.2) is 54.7 Å². The van der Waals surface area contributed by atoms with Crippen LogP contribution in [0.4, 0.5) is 5.69 Å². The lowest BCUT2D eigenvalue weighted by atomic mass is 10.2. The number of nitrogen functional groups attached to an aromatic ring is 1. The quantitative estimate of drug-likeness (QED) is 0.581. The minimum atomic E-state index is -0.396. The number of esters is 1. The average molecular weight is 310 g/mol. The Hall–Kier alpha value is -2.95. The van der Waals surface area contributed by atoms with Gasteiger partial charge in [-0.05, 0) is 42.0 Å². The van der Waals surface area contributed by atoms with Crippen molar-refractivity contribution in [2.75, 3.05) is 19.5 Å². The van der Waals surface area contributed by atoms with Gasteiger partial charge >= 0.3 is 5.97 Å². The predicted octanol–water partition coefficient (Wildman–Crippen LogP) is 2.82. The second-order valence-electron chi connectivity index (χ2n) is 5.27. The Labute approximate surface area is 134 Å².